The van der Waals surface area contributed by atoms with Crippen LogP contribution in [-0.4, -0.2) is 43.8 Å². The summed E-state index contributed by atoms with van der Waals surface area (Å²) in [7, 11) is 6.01. The Morgan fingerprint density at radius 1 is 1.42 bits per heavy atom. The Balaban J connectivity index is 0.00000288. The van der Waals surface area contributed by atoms with Gasteiger partial charge in [0.2, 0.25) is 0 Å². The van der Waals surface area contributed by atoms with E-state index in [0.29, 0.717) is 13.1 Å². The molecular formula is C16H26IN7. The van der Waals surface area contributed by atoms with E-state index in [-0.39, 0.29) is 24.0 Å². The summed E-state index contributed by atoms with van der Waals surface area (Å²) >= 11 is 0. The Morgan fingerprint density at radius 2 is 2.17 bits per heavy atom. The highest BCUT2D eigenvalue weighted by atomic mass is 127. The predicted molar refractivity (Wildman–Crippen MR) is 107 cm³/mol. The third-order valence-electron chi connectivity index (χ3n) is 3.77. The summed E-state index contributed by atoms with van der Waals surface area (Å²) in [5, 5.41) is 11.5. The zero-order valence-electron chi connectivity index (χ0n) is 14.7. The van der Waals surface area contributed by atoms with Crippen molar-refractivity contribution in [1.29, 1.82) is 0 Å². The van der Waals surface area contributed by atoms with E-state index in [2.05, 4.69) is 42.6 Å². The quantitative estimate of drug-likeness (QED) is 0.321. The molecule has 0 aliphatic heterocycles. The van der Waals surface area contributed by atoms with Crippen molar-refractivity contribution in [2.75, 3.05) is 13.6 Å². The van der Waals surface area contributed by atoms with Gasteiger partial charge in [-0.25, -0.2) is 4.99 Å². The summed E-state index contributed by atoms with van der Waals surface area (Å²) in [6.45, 7) is 7.59. The predicted octanol–water partition coefficient (Wildman–Crippen LogP) is 1.84. The molecule has 0 spiro atoms. The van der Waals surface area contributed by atoms with Gasteiger partial charge in [0.25, 0.3) is 0 Å². The second-order valence-electron chi connectivity index (χ2n) is 5.50. The Morgan fingerprint density at radius 3 is 2.71 bits per heavy atom. The monoisotopic (exact) mass is 443 g/mol. The average molecular weight is 443 g/mol. The molecule has 24 heavy (non-hydrogen) atoms. The number of hydrogen-bond acceptors (Lipinski definition) is 3. The SMILES string of the molecule is C=CCNC(=NCc1nnc(C)n1C)N(C)Cc1cccn1C.I. The van der Waals surface area contributed by atoms with Crippen LogP contribution in [0.2, 0.25) is 0 Å². The highest BCUT2D eigenvalue weighted by molar-refractivity contribution is 14.0. The van der Waals surface area contributed by atoms with Crippen molar-refractivity contribution >= 4 is 29.9 Å². The van der Waals surface area contributed by atoms with Gasteiger partial charge in [0.1, 0.15) is 12.4 Å². The van der Waals surface area contributed by atoms with Crippen LogP contribution < -0.4 is 5.32 Å². The first-order valence-corrected chi connectivity index (χ1v) is 7.58. The zero-order valence-corrected chi connectivity index (χ0v) is 17.1. The number of aromatic nitrogens is 4. The summed E-state index contributed by atoms with van der Waals surface area (Å²) in [4.78, 5) is 6.75. The summed E-state index contributed by atoms with van der Waals surface area (Å²) < 4.78 is 4.06. The number of guanidine groups is 1. The molecule has 1 N–H and O–H groups in total. The normalized spacial score (nSPS) is 11.1. The lowest BCUT2D eigenvalue weighted by molar-refractivity contribution is 0.462. The molecule has 0 fully saturated rings. The molecule has 8 heteroatoms. The van der Waals surface area contributed by atoms with E-state index in [4.69, 9.17) is 0 Å². The minimum Gasteiger partial charge on any atom is -0.353 e. The fourth-order valence-electron chi connectivity index (χ4n) is 2.19. The summed E-state index contributed by atoms with van der Waals surface area (Å²) in [5.74, 6) is 2.53. The van der Waals surface area contributed by atoms with Crippen molar-refractivity contribution in [1.82, 2.24) is 29.5 Å². The van der Waals surface area contributed by atoms with E-state index in [1.807, 2.05) is 51.0 Å². The molecule has 0 amide bonds. The Hall–Kier alpha value is -1.84. The van der Waals surface area contributed by atoms with Crippen LogP contribution in [0.5, 0.6) is 0 Å². The molecule has 0 bridgehead atoms. The number of nitrogens with one attached hydrogen (secondary N) is 1. The van der Waals surface area contributed by atoms with E-state index in [1.165, 1.54) is 5.69 Å². The van der Waals surface area contributed by atoms with Crippen LogP contribution in [0.25, 0.3) is 0 Å². The van der Waals surface area contributed by atoms with E-state index in [0.717, 1.165) is 24.2 Å². The number of halogens is 1. The van der Waals surface area contributed by atoms with Gasteiger partial charge in [0.15, 0.2) is 11.8 Å². The number of aliphatic imine (C=N–C) groups is 1. The van der Waals surface area contributed by atoms with E-state index in [9.17, 15) is 0 Å². The lowest BCUT2D eigenvalue weighted by Crippen LogP contribution is -2.39. The Labute approximate surface area is 160 Å². The molecule has 2 aromatic heterocycles. The molecule has 0 aromatic carbocycles. The van der Waals surface area contributed by atoms with Gasteiger partial charge in [0, 0.05) is 39.6 Å². The van der Waals surface area contributed by atoms with Gasteiger partial charge < -0.3 is 19.4 Å². The topological polar surface area (TPSA) is 63.3 Å². The van der Waals surface area contributed by atoms with Crippen LogP contribution in [0.3, 0.4) is 0 Å². The van der Waals surface area contributed by atoms with Gasteiger partial charge >= 0.3 is 0 Å². The number of hydrogen-bond donors (Lipinski definition) is 1. The third-order valence-corrected chi connectivity index (χ3v) is 3.77. The first kappa shape index (κ1) is 20.2. The summed E-state index contributed by atoms with van der Waals surface area (Å²) in [6.07, 6.45) is 3.86. The second-order valence-corrected chi connectivity index (χ2v) is 5.50. The van der Waals surface area contributed by atoms with Gasteiger partial charge in [0.05, 0.1) is 6.54 Å². The Kier molecular flexibility index (Phi) is 7.96. The maximum Gasteiger partial charge on any atom is 0.194 e. The number of aryl methyl sites for hydroxylation is 2. The molecule has 0 radical (unpaired) electrons. The van der Waals surface area contributed by atoms with Crippen molar-refractivity contribution in [3.05, 3.63) is 48.3 Å². The second kappa shape index (κ2) is 9.45. The van der Waals surface area contributed by atoms with Gasteiger partial charge in [-0.15, -0.1) is 40.8 Å². The van der Waals surface area contributed by atoms with Crippen molar-refractivity contribution in [3.8, 4) is 0 Å². The van der Waals surface area contributed by atoms with Gasteiger partial charge in [-0.3, -0.25) is 0 Å². The molecule has 0 saturated heterocycles. The minimum atomic E-state index is 0. The minimum absolute atomic E-state index is 0. The van der Waals surface area contributed by atoms with E-state index in [1.54, 1.807) is 0 Å². The molecule has 0 saturated carbocycles. The summed E-state index contributed by atoms with van der Waals surface area (Å²) in [5.41, 5.74) is 1.22. The maximum absolute atomic E-state index is 4.67. The maximum atomic E-state index is 4.67. The lowest BCUT2D eigenvalue weighted by Gasteiger charge is -2.22. The molecule has 132 valence electrons. The van der Waals surface area contributed by atoms with Crippen molar-refractivity contribution in [3.63, 3.8) is 0 Å². The molecule has 2 aromatic rings. The molecule has 2 rings (SSSR count). The highest BCUT2D eigenvalue weighted by Crippen LogP contribution is 2.05. The van der Waals surface area contributed by atoms with Crippen LogP contribution >= 0.6 is 24.0 Å². The molecule has 7 nitrogen and oxygen atoms in total. The molecule has 0 unspecified atom stereocenters. The third kappa shape index (κ3) is 5.08. The molecular weight excluding hydrogens is 417 g/mol. The fourth-order valence-corrected chi connectivity index (χ4v) is 2.19. The molecule has 0 atom stereocenters. The van der Waals surface area contributed by atoms with Gasteiger partial charge in [-0.1, -0.05) is 6.08 Å². The molecule has 0 aliphatic carbocycles. The Bertz CT molecular complexity index is 686. The van der Waals surface area contributed by atoms with Crippen LogP contribution in [0.4, 0.5) is 0 Å². The highest BCUT2D eigenvalue weighted by Gasteiger charge is 2.10. The van der Waals surface area contributed by atoms with Crippen molar-refractivity contribution in [2.24, 2.45) is 19.1 Å². The van der Waals surface area contributed by atoms with Crippen LogP contribution in [0.15, 0.2) is 36.0 Å². The van der Waals surface area contributed by atoms with Crippen LogP contribution in [0.1, 0.15) is 17.3 Å². The lowest BCUT2D eigenvalue weighted by atomic mass is 10.4. The van der Waals surface area contributed by atoms with E-state index < -0.39 is 0 Å². The molecule has 0 aliphatic rings. The van der Waals surface area contributed by atoms with Crippen LogP contribution in [-0.2, 0) is 27.2 Å². The van der Waals surface area contributed by atoms with E-state index >= 15 is 0 Å². The van der Waals surface area contributed by atoms with Gasteiger partial charge in [-0.05, 0) is 19.1 Å². The standard InChI is InChI=1S/C16H25N7.HI/c1-6-9-17-16(18-11-15-20-19-13(2)23(15)5)22(4)12-14-8-7-10-21(14)3;/h6-8,10H,1,9,11-12H2,2-5H3,(H,17,18);1H. The fraction of sp³-hybridized carbons (Fsp3) is 0.438. The first-order chi connectivity index (χ1) is 11.0. The smallest absolute Gasteiger partial charge is 0.194 e. The average Bonchev–Trinajstić information content (AvgIpc) is 3.07. The van der Waals surface area contributed by atoms with Gasteiger partial charge in [-0.2, -0.15) is 0 Å². The number of rotatable bonds is 6. The summed E-state index contributed by atoms with van der Waals surface area (Å²) in [6, 6.07) is 4.15. The molecule has 2 heterocycles. The first-order valence-electron chi connectivity index (χ1n) is 7.58. The van der Waals surface area contributed by atoms with Crippen LogP contribution in [0, 0.1) is 6.92 Å². The largest absolute Gasteiger partial charge is 0.353 e. The van der Waals surface area contributed by atoms with Crippen molar-refractivity contribution < 1.29 is 0 Å². The zero-order chi connectivity index (χ0) is 16.8. The van der Waals surface area contributed by atoms with Crippen molar-refractivity contribution in [2.45, 2.75) is 20.0 Å². The number of nitrogens with zero attached hydrogens (tertiary/aromatic N) is 6.